The highest BCUT2D eigenvalue weighted by atomic mass is 35.5. The topological polar surface area (TPSA) is 98.7 Å². The van der Waals surface area contributed by atoms with Gasteiger partial charge in [-0.15, -0.1) is 4.80 Å². The molecule has 4 rings (SSSR count). The van der Waals surface area contributed by atoms with Crippen LogP contribution in [-0.2, 0) is 0 Å². The molecule has 4 aromatic rings. The second-order valence-corrected chi connectivity index (χ2v) is 7.16. The van der Waals surface area contributed by atoms with Crippen LogP contribution in [0.5, 0.6) is 0 Å². The fourth-order valence-electron chi connectivity index (χ4n) is 2.88. The molecule has 0 aliphatic carbocycles. The molecule has 0 saturated carbocycles. The van der Waals surface area contributed by atoms with Crippen LogP contribution in [0.15, 0.2) is 55.0 Å². The number of hydrogen-bond donors (Lipinski definition) is 2. The zero-order valence-corrected chi connectivity index (χ0v) is 17.0. The van der Waals surface area contributed by atoms with Gasteiger partial charge in [-0.05, 0) is 36.4 Å². The lowest BCUT2D eigenvalue weighted by Gasteiger charge is -2.12. The zero-order chi connectivity index (χ0) is 22.1. The fourth-order valence-corrected chi connectivity index (χ4v) is 3.37. The number of hydrogen-bond acceptors (Lipinski definition) is 5. The van der Waals surface area contributed by atoms with Gasteiger partial charge in [0.25, 0.3) is 5.91 Å². The third-order valence-corrected chi connectivity index (χ3v) is 4.88. The second kappa shape index (κ2) is 8.29. The van der Waals surface area contributed by atoms with Crippen molar-refractivity contribution in [2.75, 3.05) is 11.1 Å². The minimum atomic E-state index is -0.746. The van der Waals surface area contributed by atoms with Crippen molar-refractivity contribution in [1.29, 1.82) is 0 Å². The number of nitrogens with two attached hydrogens (primary N) is 1. The Kier molecular flexibility index (Phi) is 5.53. The molecule has 1 amide bonds. The van der Waals surface area contributed by atoms with Gasteiger partial charge in [0, 0.05) is 16.8 Å². The Morgan fingerprint density at radius 3 is 2.42 bits per heavy atom. The first-order valence-electron chi connectivity index (χ1n) is 8.71. The molecule has 0 saturated heterocycles. The summed E-state index contributed by atoms with van der Waals surface area (Å²) < 4.78 is 28.0. The average molecular weight is 461 g/mol. The van der Waals surface area contributed by atoms with Gasteiger partial charge in [0.15, 0.2) is 5.82 Å². The summed E-state index contributed by atoms with van der Waals surface area (Å²) in [4.78, 5) is 18.0. The van der Waals surface area contributed by atoms with E-state index in [2.05, 4.69) is 20.5 Å². The van der Waals surface area contributed by atoms with Crippen molar-refractivity contribution >= 4 is 40.5 Å². The zero-order valence-electron chi connectivity index (χ0n) is 15.5. The van der Waals surface area contributed by atoms with Crippen LogP contribution in [0.1, 0.15) is 10.4 Å². The van der Waals surface area contributed by atoms with Crippen LogP contribution in [0.4, 0.5) is 20.2 Å². The van der Waals surface area contributed by atoms with E-state index in [-0.39, 0.29) is 43.9 Å². The summed E-state index contributed by atoms with van der Waals surface area (Å²) in [6, 6.07) is 7.24. The van der Waals surface area contributed by atoms with Gasteiger partial charge in [0.1, 0.15) is 11.6 Å². The number of halogens is 4. The Labute approximate surface area is 184 Å². The molecule has 0 bridgehead atoms. The summed E-state index contributed by atoms with van der Waals surface area (Å²) in [5, 5.41) is 10.6. The first kappa shape index (κ1) is 20.7. The predicted octanol–water partition coefficient (Wildman–Crippen LogP) is 4.75. The normalized spacial score (nSPS) is 10.8. The maximum Gasteiger partial charge on any atom is 0.257 e. The predicted molar refractivity (Wildman–Crippen MR) is 113 cm³/mol. The van der Waals surface area contributed by atoms with Gasteiger partial charge in [-0.25, -0.2) is 13.8 Å². The number of nitrogens with one attached hydrogen (secondary N) is 1. The molecule has 11 heteroatoms. The Hall–Kier alpha value is -3.56. The highest BCUT2D eigenvalue weighted by Crippen LogP contribution is 2.33. The van der Waals surface area contributed by atoms with Crippen LogP contribution < -0.4 is 11.1 Å². The summed E-state index contributed by atoms with van der Waals surface area (Å²) in [6.07, 6.45) is 4.28. The molecule has 7 nitrogen and oxygen atoms in total. The van der Waals surface area contributed by atoms with Crippen LogP contribution in [0.3, 0.4) is 0 Å². The minimum absolute atomic E-state index is 0.0194. The maximum atomic E-state index is 14.7. The molecule has 31 heavy (non-hydrogen) atoms. The van der Waals surface area contributed by atoms with Crippen molar-refractivity contribution in [2.24, 2.45) is 0 Å². The van der Waals surface area contributed by atoms with E-state index in [0.29, 0.717) is 0 Å². The molecule has 2 aromatic heterocycles. The van der Waals surface area contributed by atoms with E-state index < -0.39 is 17.5 Å². The van der Waals surface area contributed by atoms with Crippen molar-refractivity contribution in [3.63, 3.8) is 0 Å². The molecule has 0 spiro atoms. The number of pyridine rings is 1. The van der Waals surface area contributed by atoms with E-state index in [0.717, 1.165) is 18.2 Å². The largest absolute Gasteiger partial charge is 0.398 e. The highest BCUT2D eigenvalue weighted by molar-refractivity contribution is 6.35. The van der Waals surface area contributed by atoms with Gasteiger partial charge in [-0.3, -0.25) is 4.79 Å². The molecule has 2 aromatic carbocycles. The lowest BCUT2D eigenvalue weighted by molar-refractivity contribution is 0.102. The Morgan fingerprint density at radius 1 is 1.00 bits per heavy atom. The maximum absolute atomic E-state index is 14.7. The van der Waals surface area contributed by atoms with Gasteiger partial charge in [0.2, 0.25) is 0 Å². The third kappa shape index (κ3) is 4.18. The van der Waals surface area contributed by atoms with Gasteiger partial charge < -0.3 is 11.1 Å². The Balaban J connectivity index is 1.61. The molecule has 0 unspecified atom stereocenters. The van der Waals surface area contributed by atoms with E-state index >= 15 is 0 Å². The molecule has 0 radical (unpaired) electrons. The first-order valence-corrected chi connectivity index (χ1v) is 9.47. The van der Waals surface area contributed by atoms with Crippen molar-refractivity contribution in [1.82, 2.24) is 20.0 Å². The summed E-state index contributed by atoms with van der Waals surface area (Å²) in [7, 11) is 0. The highest BCUT2D eigenvalue weighted by Gasteiger charge is 2.18. The van der Waals surface area contributed by atoms with Crippen LogP contribution >= 0.6 is 23.2 Å². The molecule has 156 valence electrons. The van der Waals surface area contributed by atoms with E-state index in [9.17, 15) is 13.6 Å². The Bertz CT molecular complexity index is 1300. The van der Waals surface area contributed by atoms with Crippen LogP contribution in [0, 0.1) is 11.6 Å². The summed E-state index contributed by atoms with van der Waals surface area (Å²) in [5.41, 5.74) is 6.26. The number of anilines is 2. The molecule has 2 heterocycles. The monoisotopic (exact) mass is 460 g/mol. The first-order chi connectivity index (χ1) is 14.8. The number of carbonyl (C=O) groups excluding carboxylic acids is 1. The second-order valence-electron chi connectivity index (χ2n) is 6.35. The van der Waals surface area contributed by atoms with Crippen LogP contribution in [0.25, 0.3) is 16.9 Å². The number of rotatable bonds is 4. The Morgan fingerprint density at radius 2 is 1.74 bits per heavy atom. The number of carbonyl (C=O) groups is 1. The van der Waals surface area contributed by atoms with E-state index in [1.807, 2.05) is 0 Å². The molecule has 3 N–H and O–H groups in total. The summed E-state index contributed by atoms with van der Waals surface area (Å²) >= 11 is 12.4. The molecule has 0 aliphatic rings. The molecular weight excluding hydrogens is 449 g/mol. The number of nitrogen functional groups attached to an aromatic ring is 1. The molecular formula is C20H12Cl2F2N6O. The molecule has 0 fully saturated rings. The molecule has 0 atom stereocenters. The standard InChI is InChI=1S/C20H12Cl2F2N6O/c21-15-7-13(12-2-1-10(23)5-18(12)25)17(24)8-14(15)20(31)29-11-6-16(22)19(26-9-11)30-27-3-4-28-30/h1-9H,25H2,(H,29,31). The third-order valence-electron chi connectivity index (χ3n) is 4.29. The van der Waals surface area contributed by atoms with Gasteiger partial charge in [-0.2, -0.15) is 10.2 Å². The van der Waals surface area contributed by atoms with Crippen LogP contribution in [-0.4, -0.2) is 25.9 Å². The smallest absolute Gasteiger partial charge is 0.257 e. The van der Waals surface area contributed by atoms with Crippen molar-refractivity contribution in [2.45, 2.75) is 0 Å². The van der Waals surface area contributed by atoms with Gasteiger partial charge in [-0.1, -0.05) is 23.2 Å². The summed E-state index contributed by atoms with van der Waals surface area (Å²) in [6.45, 7) is 0. The number of benzene rings is 2. The number of aromatic nitrogens is 4. The van der Waals surface area contributed by atoms with E-state index in [4.69, 9.17) is 28.9 Å². The SMILES string of the molecule is Nc1cc(F)ccc1-c1cc(Cl)c(C(=O)Nc2cnc(-n3nccn3)c(Cl)c2)cc1F. The van der Waals surface area contributed by atoms with Crippen molar-refractivity contribution in [3.05, 3.63) is 82.2 Å². The van der Waals surface area contributed by atoms with Crippen molar-refractivity contribution < 1.29 is 13.6 Å². The number of nitrogens with zero attached hydrogens (tertiary/aromatic N) is 4. The minimum Gasteiger partial charge on any atom is -0.398 e. The fraction of sp³-hybridized carbons (Fsp3) is 0. The van der Waals surface area contributed by atoms with Gasteiger partial charge in [0.05, 0.1) is 39.9 Å². The lowest BCUT2D eigenvalue weighted by atomic mass is 10.0. The van der Waals surface area contributed by atoms with E-state index in [1.165, 1.54) is 41.6 Å². The lowest BCUT2D eigenvalue weighted by Crippen LogP contribution is -2.14. The van der Waals surface area contributed by atoms with Gasteiger partial charge >= 0.3 is 0 Å². The summed E-state index contributed by atoms with van der Waals surface area (Å²) in [5.74, 6) is -1.70. The number of amides is 1. The van der Waals surface area contributed by atoms with E-state index in [1.54, 1.807) is 0 Å². The van der Waals surface area contributed by atoms with Crippen molar-refractivity contribution in [3.8, 4) is 16.9 Å². The molecule has 0 aliphatic heterocycles. The average Bonchev–Trinajstić information content (AvgIpc) is 3.24. The quantitative estimate of drug-likeness (QED) is 0.428. The van der Waals surface area contributed by atoms with Crippen LogP contribution in [0.2, 0.25) is 10.0 Å².